The zero-order valence-corrected chi connectivity index (χ0v) is 63.2. The highest BCUT2D eigenvalue weighted by molar-refractivity contribution is 8.00. The van der Waals surface area contributed by atoms with Crippen LogP contribution in [0.2, 0.25) is 0 Å². The Labute approximate surface area is 668 Å². The second kappa shape index (κ2) is 26.9. The number of para-hydroxylation sites is 7. The molecular weight excluding hydrogens is 1400 g/mol. The topological polar surface area (TPSA) is 16.2 Å². The first-order valence-electron chi connectivity index (χ1n) is 39.6. The van der Waals surface area contributed by atoms with E-state index in [1.807, 2.05) is 11.8 Å². The first-order chi connectivity index (χ1) is 56.6. The number of hydrogen-bond acceptors (Lipinski definition) is 6. The molecule has 0 bridgehead atoms. The van der Waals surface area contributed by atoms with Gasteiger partial charge in [0.15, 0.2) is 0 Å². The minimum atomic E-state index is -0.245. The van der Waals surface area contributed by atoms with E-state index in [1.54, 1.807) is 0 Å². The molecule has 114 heavy (non-hydrogen) atoms. The minimum absolute atomic E-state index is 0.142. The van der Waals surface area contributed by atoms with Gasteiger partial charge in [-0.15, -0.1) is 0 Å². The van der Waals surface area contributed by atoms with E-state index in [0.29, 0.717) is 0 Å². The van der Waals surface area contributed by atoms with Crippen molar-refractivity contribution in [3.05, 3.63) is 418 Å². The van der Waals surface area contributed by atoms with E-state index in [9.17, 15) is 0 Å². The van der Waals surface area contributed by atoms with Crippen LogP contribution in [0, 0.1) is 0 Å². The zero-order valence-electron chi connectivity index (χ0n) is 62.3. The fourth-order valence-electron chi connectivity index (χ4n) is 19.7. The van der Waals surface area contributed by atoms with E-state index >= 15 is 0 Å². The largest absolute Gasteiger partial charge is 0.311 e. The number of fused-ring (bicyclic) bond motifs is 12. The van der Waals surface area contributed by atoms with Crippen LogP contribution in [0.4, 0.5) is 85.3 Å². The van der Waals surface area contributed by atoms with E-state index in [2.05, 4.69) is 437 Å². The molecule has 18 aromatic rings. The average molecular weight is 1470 g/mol. The maximum absolute atomic E-state index is 2.75. The molecule has 0 fully saturated rings. The van der Waals surface area contributed by atoms with Gasteiger partial charge in [-0.1, -0.05) is 315 Å². The summed E-state index contributed by atoms with van der Waals surface area (Å²) in [5.74, 6) is 0.172. The predicted octanol–water partition coefficient (Wildman–Crippen LogP) is 25.0. The molecule has 5 aliphatic rings. The fourth-order valence-corrected chi connectivity index (χ4v) is 20.9. The summed E-state index contributed by atoms with van der Waals surface area (Å²) in [6, 6.07) is 146. The number of allylic oxidation sites excluding steroid dienone is 4. The molecule has 4 heterocycles. The van der Waals surface area contributed by atoms with E-state index in [4.69, 9.17) is 0 Å². The summed E-state index contributed by atoms with van der Waals surface area (Å²) in [7, 11) is 0. The van der Waals surface area contributed by atoms with Crippen molar-refractivity contribution in [3.8, 4) is 22.3 Å². The van der Waals surface area contributed by atoms with Crippen molar-refractivity contribution in [2.24, 2.45) is 0 Å². The summed E-state index contributed by atoms with van der Waals surface area (Å²) in [5, 5.41) is 9.80. The summed E-state index contributed by atoms with van der Waals surface area (Å²) in [5.41, 5.74) is 30.5. The average Bonchev–Trinajstić information content (AvgIpc) is 0.681. The molecule has 0 radical (unpaired) electrons. The quantitative estimate of drug-likeness (QED) is 0.0889. The molecule has 4 aliphatic heterocycles. The number of nitrogens with zero attached hydrogens (tertiary/aromatic N) is 5. The van der Waals surface area contributed by atoms with Crippen molar-refractivity contribution in [1.29, 1.82) is 0 Å². The highest BCUT2D eigenvalue weighted by Crippen LogP contribution is 2.56. The monoisotopic (exact) mass is 1470 g/mol. The third-order valence-electron chi connectivity index (χ3n) is 24.2. The SMILES string of the molecule is C1=CCC(c2c3ccccc3c(N3c4cc5c(cc4B4c6ccccc6N(c6cccc(-c7c8ccccc8c(-c8ccccc8)c8ccccc78)c6)c6cc(N(c7ccccc7)c7ccccc7)cc3c64)B3c4ccccc4N(c4ccccc4)c4cc(N(c6ccccc6)c6ccccc6)cc(c43)S5)c3ccccc23)C=C1. The molecule has 0 saturated carbocycles. The molecule has 0 N–H and O–H groups in total. The molecule has 0 aromatic heterocycles. The van der Waals surface area contributed by atoms with Crippen LogP contribution in [-0.4, -0.2) is 13.4 Å². The third kappa shape index (κ3) is 10.4. The molecule has 18 aromatic carbocycles. The smallest absolute Gasteiger partial charge is 0.252 e. The first kappa shape index (κ1) is 65.8. The Bertz CT molecular complexity index is 6790. The zero-order chi connectivity index (χ0) is 74.9. The van der Waals surface area contributed by atoms with Crippen molar-refractivity contribution >= 4 is 186 Å². The lowest BCUT2D eigenvalue weighted by atomic mass is 9.31. The van der Waals surface area contributed by atoms with Gasteiger partial charge in [0.05, 0.1) is 11.4 Å². The number of rotatable bonds is 12. The standard InChI is InChI=1S/C106H71B2N5S/c1-8-35-70(36-9-1)101-81-51-22-24-53-83(81)103(84-54-25-23-52-82(84)101)72-39-34-50-78(63-72)112-94-62-33-30-59-89(94)107-91-68-92-99(114-100-67-80(110(75-44-16-5-17-45-75)76-46-18-6-19-47-76)66-98-105(100)108(92)90-60-31-32-61-93(90)111(98)77-48-20-7-21-49-77)69-95(91)113(97-65-79(64-96(112)104(97)107)109(73-40-12-3-13-41-73)74-42-14-4-15-43-74)106-87-57-28-26-55-85(87)102(71-37-10-2-11-38-71)86-56-27-29-58-88(86)106/h1-37,39-69,71H,38H2. The Morgan fingerprint density at radius 2 is 0.684 bits per heavy atom. The lowest BCUT2D eigenvalue weighted by Gasteiger charge is -2.46. The Morgan fingerprint density at radius 1 is 0.272 bits per heavy atom. The lowest BCUT2D eigenvalue weighted by molar-refractivity contribution is 0.870. The van der Waals surface area contributed by atoms with Crippen LogP contribution in [-0.2, 0) is 0 Å². The third-order valence-corrected chi connectivity index (χ3v) is 25.4. The molecule has 8 heteroatoms. The fraction of sp³-hybridized carbons (Fsp3) is 0.0189. The van der Waals surface area contributed by atoms with Crippen LogP contribution in [0.5, 0.6) is 0 Å². The molecule has 1 atom stereocenters. The molecule has 23 rings (SSSR count). The molecule has 0 amide bonds. The van der Waals surface area contributed by atoms with Crippen LogP contribution in [0.1, 0.15) is 17.9 Å². The maximum atomic E-state index is 2.75. The second-order valence-corrected chi connectivity index (χ2v) is 31.5. The summed E-state index contributed by atoms with van der Waals surface area (Å²) >= 11 is 1.92. The van der Waals surface area contributed by atoms with Gasteiger partial charge < -0.3 is 24.5 Å². The Balaban J connectivity index is 0.833. The van der Waals surface area contributed by atoms with Gasteiger partial charge in [-0.2, -0.15) is 0 Å². The van der Waals surface area contributed by atoms with Crippen LogP contribution < -0.4 is 57.3 Å². The van der Waals surface area contributed by atoms with Gasteiger partial charge in [0.25, 0.3) is 6.71 Å². The van der Waals surface area contributed by atoms with Gasteiger partial charge in [0.1, 0.15) is 0 Å². The summed E-state index contributed by atoms with van der Waals surface area (Å²) < 4.78 is 0. The molecule has 532 valence electrons. The Kier molecular flexibility index (Phi) is 15.5. The van der Waals surface area contributed by atoms with Crippen molar-refractivity contribution in [2.75, 3.05) is 24.5 Å². The summed E-state index contributed by atoms with van der Waals surface area (Å²) in [6.45, 7) is -0.387. The molecule has 0 saturated heterocycles. The summed E-state index contributed by atoms with van der Waals surface area (Å²) in [6.07, 6.45) is 10.1. The second-order valence-electron chi connectivity index (χ2n) is 30.4. The number of anilines is 15. The van der Waals surface area contributed by atoms with Crippen molar-refractivity contribution in [2.45, 2.75) is 22.1 Å². The lowest BCUT2D eigenvalue weighted by Crippen LogP contribution is -2.64. The normalized spacial score (nSPS) is 14.0. The van der Waals surface area contributed by atoms with Crippen LogP contribution in [0.15, 0.2) is 422 Å². The van der Waals surface area contributed by atoms with E-state index in [-0.39, 0.29) is 19.3 Å². The summed E-state index contributed by atoms with van der Waals surface area (Å²) in [4.78, 5) is 15.3. The minimum Gasteiger partial charge on any atom is -0.311 e. The van der Waals surface area contributed by atoms with Crippen LogP contribution in [0.25, 0.3) is 65.3 Å². The molecule has 1 aliphatic carbocycles. The van der Waals surface area contributed by atoms with Gasteiger partial charge >= 0.3 is 0 Å². The molecule has 5 nitrogen and oxygen atoms in total. The van der Waals surface area contributed by atoms with Gasteiger partial charge in [-0.3, -0.25) is 0 Å². The van der Waals surface area contributed by atoms with Crippen LogP contribution >= 0.6 is 11.8 Å². The van der Waals surface area contributed by atoms with Crippen molar-refractivity contribution in [3.63, 3.8) is 0 Å². The highest BCUT2D eigenvalue weighted by atomic mass is 32.2. The van der Waals surface area contributed by atoms with Crippen molar-refractivity contribution in [1.82, 2.24) is 0 Å². The molecule has 0 spiro atoms. The van der Waals surface area contributed by atoms with E-state index < -0.39 is 0 Å². The first-order valence-corrected chi connectivity index (χ1v) is 40.5. The van der Waals surface area contributed by atoms with Gasteiger partial charge in [0, 0.05) is 100 Å². The number of hydrogen-bond donors (Lipinski definition) is 0. The van der Waals surface area contributed by atoms with Gasteiger partial charge in [-0.25, -0.2) is 0 Å². The van der Waals surface area contributed by atoms with E-state index in [0.717, 1.165) is 85.9 Å². The van der Waals surface area contributed by atoms with Crippen molar-refractivity contribution < 1.29 is 0 Å². The van der Waals surface area contributed by atoms with Gasteiger partial charge in [-0.05, 0) is 209 Å². The van der Waals surface area contributed by atoms with Crippen LogP contribution in [0.3, 0.4) is 0 Å². The van der Waals surface area contributed by atoms with Gasteiger partial charge in [0.2, 0.25) is 6.71 Å². The molecular formula is C106H71B2N5S. The highest BCUT2D eigenvalue weighted by Gasteiger charge is 2.48. The Hall–Kier alpha value is -14.0. The Morgan fingerprint density at radius 3 is 1.21 bits per heavy atom. The van der Waals surface area contributed by atoms with E-state index in [1.165, 1.54) is 119 Å². The predicted molar refractivity (Wildman–Crippen MR) is 486 cm³/mol. The molecule has 1 unspecified atom stereocenters. The maximum Gasteiger partial charge on any atom is 0.252 e. The number of benzene rings is 18.